The van der Waals surface area contributed by atoms with Crippen LogP contribution in [-0.4, -0.2) is 20.4 Å². The van der Waals surface area contributed by atoms with Gasteiger partial charge in [-0.05, 0) is 12.1 Å². The van der Waals surface area contributed by atoms with Crippen molar-refractivity contribution in [2.24, 2.45) is 0 Å². The van der Waals surface area contributed by atoms with Crippen LogP contribution in [0, 0.1) is 6.92 Å². The molecule has 0 radical (unpaired) electrons. The van der Waals surface area contributed by atoms with Crippen LogP contribution in [0.3, 0.4) is 0 Å². The minimum absolute atomic E-state index is 0.396. The molecule has 20 heavy (non-hydrogen) atoms. The molecule has 8 heteroatoms. The van der Waals surface area contributed by atoms with Crippen molar-refractivity contribution in [3.05, 3.63) is 41.1 Å². The summed E-state index contributed by atoms with van der Waals surface area (Å²) in [5.74, 6) is 1.85. The van der Waals surface area contributed by atoms with Crippen molar-refractivity contribution in [3.8, 4) is 11.5 Å². The lowest BCUT2D eigenvalue weighted by Gasteiger charge is -1.96. The Kier molecular flexibility index (Phi) is 3.70. The summed E-state index contributed by atoms with van der Waals surface area (Å²) in [7, 11) is 0. The molecule has 0 aliphatic rings. The Morgan fingerprint density at radius 2 is 1.95 bits per heavy atom. The van der Waals surface area contributed by atoms with Crippen LogP contribution in [0.1, 0.15) is 11.8 Å². The summed E-state index contributed by atoms with van der Waals surface area (Å²) >= 11 is 7.42. The summed E-state index contributed by atoms with van der Waals surface area (Å²) in [5, 5.41) is 16.6. The Bertz CT molecular complexity index is 728. The maximum Gasteiger partial charge on any atom is 0.277 e. The molecule has 3 rings (SSSR count). The molecular weight excluding hydrogens is 300 g/mol. The molecule has 0 bridgehead atoms. The summed E-state index contributed by atoms with van der Waals surface area (Å²) in [4.78, 5) is 0. The number of rotatable bonds is 4. The third kappa shape index (κ3) is 2.83. The molecule has 1 aromatic carbocycles. The van der Waals surface area contributed by atoms with Crippen LogP contribution in [0.15, 0.2) is 38.3 Å². The van der Waals surface area contributed by atoms with E-state index in [0.29, 0.717) is 39.2 Å². The first-order valence-electron chi connectivity index (χ1n) is 5.72. The standard InChI is InChI=1S/C12H9ClN4O2S/c1-7-14-17-12(18-7)20-6-10-15-16-11(19-10)8-4-2-3-5-9(8)13/h2-5H,6H2,1H3. The quantitative estimate of drug-likeness (QED) is 0.684. The third-order valence-corrected chi connectivity index (χ3v) is 3.53. The lowest BCUT2D eigenvalue weighted by atomic mass is 10.2. The van der Waals surface area contributed by atoms with Crippen LogP contribution in [0.5, 0.6) is 0 Å². The van der Waals surface area contributed by atoms with Gasteiger partial charge in [-0.3, -0.25) is 0 Å². The molecule has 102 valence electrons. The Hall–Kier alpha value is -1.86. The molecule has 0 spiro atoms. The van der Waals surface area contributed by atoms with Crippen molar-refractivity contribution in [1.29, 1.82) is 0 Å². The zero-order valence-corrected chi connectivity index (χ0v) is 12.0. The molecule has 6 nitrogen and oxygen atoms in total. The topological polar surface area (TPSA) is 77.8 Å². The number of benzene rings is 1. The molecule has 0 amide bonds. The maximum atomic E-state index is 6.08. The monoisotopic (exact) mass is 308 g/mol. The second kappa shape index (κ2) is 5.64. The van der Waals surface area contributed by atoms with Crippen LogP contribution < -0.4 is 0 Å². The van der Waals surface area contributed by atoms with E-state index in [9.17, 15) is 0 Å². The molecule has 0 aliphatic carbocycles. The highest BCUT2D eigenvalue weighted by molar-refractivity contribution is 7.98. The number of aromatic nitrogens is 4. The highest BCUT2D eigenvalue weighted by Crippen LogP contribution is 2.28. The number of thioether (sulfide) groups is 1. The fraction of sp³-hybridized carbons (Fsp3) is 0.167. The van der Waals surface area contributed by atoms with E-state index in [1.54, 1.807) is 13.0 Å². The van der Waals surface area contributed by atoms with E-state index in [4.69, 9.17) is 20.4 Å². The van der Waals surface area contributed by atoms with Gasteiger partial charge in [0.2, 0.25) is 17.7 Å². The fourth-order valence-electron chi connectivity index (χ4n) is 1.52. The van der Waals surface area contributed by atoms with Crippen molar-refractivity contribution in [2.45, 2.75) is 17.9 Å². The second-order valence-electron chi connectivity index (χ2n) is 3.86. The van der Waals surface area contributed by atoms with Gasteiger partial charge >= 0.3 is 0 Å². The summed E-state index contributed by atoms with van der Waals surface area (Å²) in [6.45, 7) is 1.74. The Morgan fingerprint density at radius 1 is 1.10 bits per heavy atom. The molecule has 2 heterocycles. The van der Waals surface area contributed by atoms with Crippen molar-refractivity contribution in [3.63, 3.8) is 0 Å². The molecule has 0 unspecified atom stereocenters. The van der Waals surface area contributed by atoms with Crippen molar-refractivity contribution >= 4 is 23.4 Å². The SMILES string of the molecule is Cc1nnc(SCc2nnc(-c3ccccc3Cl)o2)o1. The van der Waals surface area contributed by atoms with Crippen LogP contribution in [-0.2, 0) is 5.75 Å². The van der Waals surface area contributed by atoms with Gasteiger partial charge in [-0.15, -0.1) is 20.4 Å². The van der Waals surface area contributed by atoms with Gasteiger partial charge in [0, 0.05) is 6.92 Å². The van der Waals surface area contributed by atoms with E-state index in [0.717, 1.165) is 0 Å². The lowest BCUT2D eigenvalue weighted by Crippen LogP contribution is -1.80. The molecule has 0 saturated heterocycles. The first-order valence-corrected chi connectivity index (χ1v) is 7.09. The van der Waals surface area contributed by atoms with Crippen LogP contribution in [0.25, 0.3) is 11.5 Å². The first kappa shape index (κ1) is 13.1. The van der Waals surface area contributed by atoms with Crippen LogP contribution >= 0.6 is 23.4 Å². The normalized spacial score (nSPS) is 10.9. The Balaban J connectivity index is 1.72. The van der Waals surface area contributed by atoms with E-state index >= 15 is 0 Å². The molecule has 2 aromatic heterocycles. The molecule has 0 atom stereocenters. The predicted molar refractivity (Wildman–Crippen MR) is 73.3 cm³/mol. The Labute approximate surface area is 123 Å². The van der Waals surface area contributed by atoms with E-state index in [1.165, 1.54) is 11.8 Å². The van der Waals surface area contributed by atoms with Gasteiger partial charge in [0.1, 0.15) is 0 Å². The fourth-order valence-corrected chi connectivity index (χ4v) is 2.37. The average molecular weight is 309 g/mol. The van der Waals surface area contributed by atoms with Gasteiger partial charge in [0.05, 0.1) is 16.3 Å². The van der Waals surface area contributed by atoms with E-state index < -0.39 is 0 Å². The first-order chi connectivity index (χ1) is 9.72. The minimum atomic E-state index is 0.396. The zero-order valence-electron chi connectivity index (χ0n) is 10.4. The summed E-state index contributed by atoms with van der Waals surface area (Å²) in [5.41, 5.74) is 0.714. The Morgan fingerprint density at radius 3 is 2.70 bits per heavy atom. The maximum absolute atomic E-state index is 6.08. The second-order valence-corrected chi connectivity index (χ2v) is 5.19. The molecule has 0 fully saturated rings. The number of hydrogen-bond acceptors (Lipinski definition) is 7. The van der Waals surface area contributed by atoms with Crippen molar-refractivity contribution < 1.29 is 8.83 Å². The van der Waals surface area contributed by atoms with Gasteiger partial charge in [0.25, 0.3) is 5.22 Å². The number of hydrogen-bond donors (Lipinski definition) is 0. The van der Waals surface area contributed by atoms with E-state index in [2.05, 4.69) is 20.4 Å². The smallest absolute Gasteiger partial charge is 0.277 e. The molecule has 0 N–H and O–H groups in total. The van der Waals surface area contributed by atoms with E-state index in [1.807, 2.05) is 18.2 Å². The van der Waals surface area contributed by atoms with Gasteiger partial charge in [-0.2, -0.15) is 0 Å². The minimum Gasteiger partial charge on any atom is -0.420 e. The summed E-state index contributed by atoms with van der Waals surface area (Å²) in [6, 6.07) is 7.31. The van der Waals surface area contributed by atoms with Crippen molar-refractivity contribution in [2.75, 3.05) is 0 Å². The molecule has 0 aliphatic heterocycles. The number of aryl methyl sites for hydroxylation is 1. The molecular formula is C12H9ClN4O2S. The number of halogens is 1. The van der Waals surface area contributed by atoms with Crippen LogP contribution in [0.2, 0.25) is 5.02 Å². The molecule has 3 aromatic rings. The molecule has 0 saturated carbocycles. The zero-order chi connectivity index (χ0) is 13.9. The van der Waals surface area contributed by atoms with Gasteiger partial charge in [-0.1, -0.05) is 35.5 Å². The van der Waals surface area contributed by atoms with Gasteiger partial charge in [-0.25, -0.2) is 0 Å². The van der Waals surface area contributed by atoms with Crippen LogP contribution in [0.4, 0.5) is 0 Å². The highest BCUT2D eigenvalue weighted by Gasteiger charge is 2.12. The number of nitrogens with zero attached hydrogens (tertiary/aromatic N) is 4. The average Bonchev–Trinajstić information content (AvgIpc) is 3.06. The summed E-state index contributed by atoms with van der Waals surface area (Å²) < 4.78 is 10.8. The van der Waals surface area contributed by atoms with E-state index in [-0.39, 0.29) is 0 Å². The third-order valence-electron chi connectivity index (χ3n) is 2.40. The lowest BCUT2D eigenvalue weighted by molar-refractivity contribution is 0.428. The van der Waals surface area contributed by atoms with Gasteiger partial charge in [0.15, 0.2) is 0 Å². The predicted octanol–water partition coefficient (Wildman–Crippen LogP) is 3.37. The highest BCUT2D eigenvalue weighted by atomic mass is 35.5. The largest absolute Gasteiger partial charge is 0.420 e. The van der Waals surface area contributed by atoms with Crippen molar-refractivity contribution in [1.82, 2.24) is 20.4 Å². The summed E-state index contributed by atoms with van der Waals surface area (Å²) in [6.07, 6.45) is 0. The van der Waals surface area contributed by atoms with Gasteiger partial charge < -0.3 is 8.83 Å².